The number of hydrogen-bond acceptors (Lipinski definition) is 4. The summed E-state index contributed by atoms with van der Waals surface area (Å²) in [5.74, 6) is 3.73. The van der Waals surface area contributed by atoms with Crippen LogP contribution in [0, 0.1) is 13.8 Å². The Balaban J connectivity index is 1.35. The first-order valence-electron chi connectivity index (χ1n) is 21.6. The van der Waals surface area contributed by atoms with Gasteiger partial charge in [-0.3, -0.25) is 0 Å². The van der Waals surface area contributed by atoms with Crippen LogP contribution in [0.3, 0.4) is 0 Å². The van der Waals surface area contributed by atoms with Crippen molar-refractivity contribution in [2.75, 3.05) is 13.2 Å². The molecular weight excluding hydrogens is 737 g/mol. The maximum atomic E-state index is 6.97. The lowest BCUT2D eigenvalue weighted by molar-refractivity contribution is 0.296. The highest BCUT2D eigenvalue weighted by atomic mass is 16.5. The zero-order chi connectivity index (χ0) is 41.3. The summed E-state index contributed by atoms with van der Waals surface area (Å²) < 4.78 is 27.5. The average molecular weight is 793 g/mol. The number of hydrogen-bond donors (Lipinski definition) is 0. The minimum atomic E-state index is 0.463. The van der Waals surface area contributed by atoms with Crippen molar-refractivity contribution >= 4 is 0 Å². The summed E-state index contributed by atoms with van der Waals surface area (Å²) in [5, 5.41) is 0. The summed E-state index contributed by atoms with van der Waals surface area (Å²) >= 11 is 0. The first kappa shape index (κ1) is 40.5. The van der Waals surface area contributed by atoms with Gasteiger partial charge in [0, 0.05) is 25.7 Å². The molecule has 304 valence electrons. The number of aryl methyl sites for hydroxylation is 2. The molecule has 0 spiro atoms. The molecule has 0 aliphatic heterocycles. The van der Waals surface area contributed by atoms with E-state index in [9.17, 15) is 0 Å². The van der Waals surface area contributed by atoms with E-state index in [1.807, 2.05) is 6.07 Å². The van der Waals surface area contributed by atoms with E-state index in [2.05, 4.69) is 167 Å². The Morgan fingerprint density at radius 1 is 0.350 bits per heavy atom. The molecule has 0 heterocycles. The zero-order valence-corrected chi connectivity index (χ0v) is 35.6. The first-order valence-corrected chi connectivity index (χ1v) is 21.6. The Bertz CT molecular complexity index is 2520. The van der Waals surface area contributed by atoms with E-state index in [4.69, 9.17) is 18.9 Å². The molecule has 0 atom stereocenters. The minimum Gasteiger partial charge on any atom is -0.493 e. The summed E-state index contributed by atoms with van der Waals surface area (Å²) in [6.45, 7) is 10.9. The number of para-hydroxylation sites is 3. The van der Waals surface area contributed by atoms with Crippen molar-refractivity contribution < 1.29 is 18.9 Å². The van der Waals surface area contributed by atoms with E-state index < -0.39 is 0 Å². The van der Waals surface area contributed by atoms with Crippen molar-refractivity contribution in [1.29, 1.82) is 0 Å². The van der Waals surface area contributed by atoms with Gasteiger partial charge in [0.15, 0.2) is 0 Å². The molecule has 0 saturated carbocycles. The van der Waals surface area contributed by atoms with Crippen LogP contribution >= 0.6 is 0 Å². The Labute approximate surface area is 356 Å². The number of fused-ring (bicyclic) bond motifs is 8. The highest BCUT2D eigenvalue weighted by Gasteiger charge is 2.23. The van der Waals surface area contributed by atoms with Gasteiger partial charge in [-0.25, -0.2) is 0 Å². The zero-order valence-electron chi connectivity index (χ0n) is 35.6. The molecule has 4 nitrogen and oxygen atoms in total. The van der Waals surface area contributed by atoms with E-state index in [0.29, 0.717) is 52.1 Å². The van der Waals surface area contributed by atoms with Crippen molar-refractivity contribution in [1.82, 2.24) is 0 Å². The molecule has 0 saturated heterocycles. The van der Waals surface area contributed by atoms with E-state index in [1.54, 1.807) is 0 Å². The summed E-state index contributed by atoms with van der Waals surface area (Å²) in [4.78, 5) is 0. The number of ether oxygens (including phenoxy) is 4. The first-order chi connectivity index (χ1) is 29.4. The van der Waals surface area contributed by atoms with E-state index in [1.165, 1.54) is 22.3 Å². The number of benzene rings is 7. The molecule has 1 aliphatic rings. The van der Waals surface area contributed by atoms with Gasteiger partial charge in [0.25, 0.3) is 0 Å². The molecule has 0 unspecified atom stereocenters. The van der Waals surface area contributed by atoms with Crippen molar-refractivity contribution in [3.05, 3.63) is 212 Å². The quantitative estimate of drug-likeness (QED) is 0.117. The Hall–Kier alpha value is -6.26. The Morgan fingerprint density at radius 2 is 0.683 bits per heavy atom. The van der Waals surface area contributed by atoms with Crippen LogP contribution in [0.25, 0.3) is 11.1 Å². The molecule has 4 heteroatoms. The van der Waals surface area contributed by atoms with Crippen LogP contribution < -0.4 is 18.9 Å². The van der Waals surface area contributed by atoms with Crippen molar-refractivity contribution in [3.63, 3.8) is 0 Å². The molecule has 0 amide bonds. The molecule has 7 aromatic rings. The fraction of sp³-hybridized carbons (Fsp3) is 0.250. The summed E-state index contributed by atoms with van der Waals surface area (Å²) in [7, 11) is 0. The fourth-order valence-corrected chi connectivity index (χ4v) is 8.50. The third kappa shape index (κ3) is 9.61. The van der Waals surface area contributed by atoms with Crippen LogP contribution in [0.15, 0.2) is 146 Å². The predicted molar refractivity (Wildman–Crippen MR) is 245 cm³/mol. The van der Waals surface area contributed by atoms with Crippen molar-refractivity contribution in [2.45, 2.75) is 79.4 Å². The van der Waals surface area contributed by atoms with Gasteiger partial charge in [-0.1, -0.05) is 158 Å². The van der Waals surface area contributed by atoms with E-state index in [0.717, 1.165) is 91.5 Å². The maximum absolute atomic E-state index is 6.97. The lowest BCUT2D eigenvalue weighted by Gasteiger charge is -2.23. The van der Waals surface area contributed by atoms with Crippen molar-refractivity contribution in [3.8, 4) is 34.1 Å². The van der Waals surface area contributed by atoms with Gasteiger partial charge < -0.3 is 18.9 Å². The lowest BCUT2D eigenvalue weighted by Crippen LogP contribution is -2.10. The summed E-state index contributed by atoms with van der Waals surface area (Å²) in [6.07, 6.45) is 4.42. The number of rotatable bonds is 13. The molecular formula is C56H56O4. The molecule has 8 rings (SSSR count). The van der Waals surface area contributed by atoms with Crippen LogP contribution in [0.4, 0.5) is 0 Å². The Kier molecular flexibility index (Phi) is 13.0. The van der Waals surface area contributed by atoms with Gasteiger partial charge in [-0.2, -0.15) is 0 Å². The molecule has 0 radical (unpaired) electrons. The van der Waals surface area contributed by atoms with Crippen molar-refractivity contribution in [2.24, 2.45) is 0 Å². The van der Waals surface area contributed by atoms with Crippen LogP contribution in [0.1, 0.15) is 93.5 Å². The fourth-order valence-electron chi connectivity index (χ4n) is 8.50. The maximum Gasteiger partial charge on any atom is 0.126 e. The molecule has 0 aromatic heterocycles. The second kappa shape index (κ2) is 19.2. The highest BCUT2D eigenvalue weighted by Crippen LogP contribution is 2.41. The topological polar surface area (TPSA) is 36.9 Å². The van der Waals surface area contributed by atoms with Gasteiger partial charge in [-0.15, -0.1) is 0 Å². The molecule has 0 N–H and O–H groups in total. The smallest absolute Gasteiger partial charge is 0.126 e. The lowest BCUT2D eigenvalue weighted by atomic mass is 9.89. The van der Waals surface area contributed by atoms with Gasteiger partial charge in [0.1, 0.15) is 36.2 Å². The molecule has 7 aromatic carbocycles. The van der Waals surface area contributed by atoms with Gasteiger partial charge in [-0.05, 0) is 106 Å². The van der Waals surface area contributed by atoms with Crippen LogP contribution in [0.2, 0.25) is 0 Å². The van der Waals surface area contributed by atoms with Crippen LogP contribution in [-0.2, 0) is 38.9 Å². The molecule has 1 aliphatic carbocycles. The van der Waals surface area contributed by atoms with Crippen LogP contribution in [0.5, 0.6) is 23.0 Å². The van der Waals surface area contributed by atoms with Gasteiger partial charge >= 0.3 is 0 Å². The predicted octanol–water partition coefficient (Wildman–Crippen LogP) is 13.4. The largest absolute Gasteiger partial charge is 0.493 e. The monoisotopic (exact) mass is 792 g/mol. The SMILES string of the molecule is CCCOc1c2cccc1Cc1cccc(c1OCc1ccccc1)Cc1cccc(c1OCc1ccccc1)Cc1cc(-c3cc(C)cc(C)c3)cc(c1OCCC)C2. The normalized spacial score (nSPS) is 12.1. The molecule has 8 bridgehead atoms. The van der Waals surface area contributed by atoms with Gasteiger partial charge in [0.05, 0.1) is 13.2 Å². The second-order valence-electron chi connectivity index (χ2n) is 16.2. The summed E-state index contributed by atoms with van der Waals surface area (Å²) in [5.41, 5.74) is 16.2. The third-order valence-electron chi connectivity index (χ3n) is 11.2. The summed E-state index contributed by atoms with van der Waals surface area (Å²) in [6, 6.07) is 52.3. The third-order valence-corrected chi connectivity index (χ3v) is 11.2. The molecule has 0 fully saturated rings. The molecule has 60 heavy (non-hydrogen) atoms. The van der Waals surface area contributed by atoms with E-state index >= 15 is 0 Å². The minimum absolute atomic E-state index is 0.463. The highest BCUT2D eigenvalue weighted by molar-refractivity contribution is 5.70. The Morgan fingerprint density at radius 3 is 1.07 bits per heavy atom. The second-order valence-corrected chi connectivity index (χ2v) is 16.2. The average Bonchev–Trinajstić information content (AvgIpc) is 3.25. The van der Waals surface area contributed by atoms with Crippen LogP contribution in [-0.4, -0.2) is 13.2 Å². The van der Waals surface area contributed by atoms with E-state index in [-0.39, 0.29) is 0 Å². The van der Waals surface area contributed by atoms with Gasteiger partial charge in [0.2, 0.25) is 0 Å². The standard InChI is InChI=1S/C56H56O4/c1-5-26-57-53-43-20-13-24-47(53)33-51-35-50(49-29-39(3)28-40(4)30-49)36-52(56(51)58-27-6-2)34-48-25-15-23-46(55(48)60-38-42-18-11-8-12-19-42)32-45-22-14-21-44(31-43)54(45)59-37-41-16-9-7-10-17-41/h7-25,28-30,35-36H,5-6,26-27,31-34,37-38H2,1-4H3.